The highest BCUT2D eigenvalue weighted by Crippen LogP contribution is 2.35. The molecule has 1 aliphatic heterocycles. The summed E-state index contributed by atoms with van der Waals surface area (Å²) in [6, 6.07) is 15.5. The van der Waals surface area contributed by atoms with Crippen LogP contribution in [0.4, 0.5) is 0 Å². The Morgan fingerprint density at radius 1 is 1.04 bits per heavy atom. The van der Waals surface area contributed by atoms with Gasteiger partial charge in [0, 0.05) is 17.1 Å². The summed E-state index contributed by atoms with van der Waals surface area (Å²) in [6.45, 7) is 2.13. The molecular weight excluding hydrogens is 340 g/mol. The van der Waals surface area contributed by atoms with Crippen molar-refractivity contribution in [3.05, 3.63) is 65.6 Å². The molecule has 2 aromatic rings. The average Bonchev–Trinajstić information content (AvgIpc) is 2.63. The van der Waals surface area contributed by atoms with Crippen LogP contribution in [0.15, 0.2) is 60.0 Å². The number of hydrogen-bond acceptors (Lipinski definition) is 4. The van der Waals surface area contributed by atoms with Gasteiger partial charge in [-0.05, 0) is 42.0 Å². The summed E-state index contributed by atoms with van der Waals surface area (Å²) in [5.74, 6) is 3.52. The highest BCUT2D eigenvalue weighted by Gasteiger charge is 2.25. The molecule has 0 spiro atoms. The molecule has 0 radical (unpaired) electrons. The van der Waals surface area contributed by atoms with Gasteiger partial charge in [0.05, 0.1) is 22.5 Å². The number of thioether (sulfide) groups is 1. The minimum atomic E-state index is -0.909. The minimum absolute atomic E-state index is 0.114. The van der Waals surface area contributed by atoms with E-state index in [1.54, 1.807) is 18.9 Å². The Morgan fingerprint density at radius 2 is 1.62 bits per heavy atom. The monoisotopic (exact) mass is 360 g/mol. The number of ether oxygens (including phenoxy) is 2. The lowest BCUT2D eigenvalue weighted by Crippen LogP contribution is -2.19. The lowest BCUT2D eigenvalue weighted by Gasteiger charge is -2.24. The lowest BCUT2D eigenvalue weighted by molar-refractivity contribution is 0.413. The molecule has 126 valence electrons. The molecule has 2 aromatic carbocycles. The molecule has 0 bridgehead atoms. The van der Waals surface area contributed by atoms with Gasteiger partial charge >= 0.3 is 0 Å². The van der Waals surface area contributed by atoms with E-state index in [4.69, 9.17) is 9.47 Å². The van der Waals surface area contributed by atoms with E-state index >= 15 is 0 Å². The molecule has 0 saturated carbocycles. The smallest absolute Gasteiger partial charge is 0.127 e. The lowest BCUT2D eigenvalue weighted by atomic mass is 10.0. The summed E-state index contributed by atoms with van der Waals surface area (Å²) in [5, 5.41) is 1.82. The summed E-state index contributed by atoms with van der Waals surface area (Å²) in [7, 11) is 0.733. The fourth-order valence-electron chi connectivity index (χ4n) is 2.55. The van der Waals surface area contributed by atoms with E-state index in [9.17, 15) is 4.21 Å². The number of methoxy groups -OCH3 is 1. The first-order valence-corrected chi connectivity index (χ1v) is 10.1. The summed E-state index contributed by atoms with van der Waals surface area (Å²) in [6.07, 6.45) is 1.98. The van der Waals surface area contributed by atoms with E-state index < -0.39 is 10.8 Å². The van der Waals surface area contributed by atoms with E-state index in [1.807, 2.05) is 47.9 Å². The van der Waals surface area contributed by atoms with Crippen molar-refractivity contribution in [2.45, 2.75) is 17.4 Å². The van der Waals surface area contributed by atoms with Crippen molar-refractivity contribution in [3.63, 3.8) is 0 Å². The number of rotatable bonds is 5. The van der Waals surface area contributed by atoms with Crippen LogP contribution in [-0.2, 0) is 10.8 Å². The third kappa shape index (κ3) is 4.02. The van der Waals surface area contributed by atoms with Crippen LogP contribution in [0.1, 0.15) is 18.4 Å². The van der Waals surface area contributed by atoms with Crippen LogP contribution in [0.5, 0.6) is 17.2 Å². The second-order valence-electron chi connectivity index (χ2n) is 5.54. The Labute approximate surface area is 149 Å². The molecule has 5 heteroatoms. The summed E-state index contributed by atoms with van der Waals surface area (Å²) < 4.78 is 23.2. The van der Waals surface area contributed by atoms with Gasteiger partial charge in [-0.1, -0.05) is 25.1 Å². The maximum atomic E-state index is 12.1. The Kier molecular flexibility index (Phi) is 5.63. The topological polar surface area (TPSA) is 35.5 Å². The minimum Gasteiger partial charge on any atom is -0.497 e. The van der Waals surface area contributed by atoms with Crippen molar-refractivity contribution < 1.29 is 13.7 Å². The predicted molar refractivity (Wildman–Crippen MR) is 101 cm³/mol. The zero-order chi connectivity index (χ0) is 16.9. The maximum Gasteiger partial charge on any atom is 0.127 e. The van der Waals surface area contributed by atoms with Crippen LogP contribution in [0.2, 0.25) is 0 Å². The van der Waals surface area contributed by atoms with Crippen molar-refractivity contribution in [2.75, 3.05) is 12.9 Å². The normalized spacial score (nSPS) is 21.2. The van der Waals surface area contributed by atoms with Crippen LogP contribution in [0, 0.1) is 0 Å². The Bertz CT molecular complexity index is 723. The largest absolute Gasteiger partial charge is 0.497 e. The van der Waals surface area contributed by atoms with E-state index in [2.05, 4.69) is 19.1 Å². The van der Waals surface area contributed by atoms with Crippen LogP contribution in [0.25, 0.3) is 0 Å². The molecule has 3 rings (SSSR count). The van der Waals surface area contributed by atoms with Crippen molar-refractivity contribution >= 4 is 22.6 Å². The maximum absolute atomic E-state index is 12.1. The van der Waals surface area contributed by atoms with Crippen LogP contribution >= 0.6 is 11.8 Å². The highest BCUT2D eigenvalue weighted by atomic mass is 32.2. The van der Waals surface area contributed by atoms with Gasteiger partial charge in [0.1, 0.15) is 17.2 Å². The van der Waals surface area contributed by atoms with Gasteiger partial charge in [0.15, 0.2) is 0 Å². The second kappa shape index (κ2) is 7.90. The molecule has 3 atom stereocenters. The first-order chi connectivity index (χ1) is 11.7. The van der Waals surface area contributed by atoms with E-state index in [0.29, 0.717) is 0 Å². The van der Waals surface area contributed by atoms with Gasteiger partial charge in [-0.25, -0.2) is 0 Å². The van der Waals surface area contributed by atoms with Crippen LogP contribution in [0.3, 0.4) is 0 Å². The van der Waals surface area contributed by atoms with Gasteiger partial charge in [-0.15, -0.1) is 11.8 Å². The molecule has 0 fully saturated rings. The number of hydrogen-bond donors (Lipinski definition) is 0. The second-order valence-corrected chi connectivity index (χ2v) is 8.45. The molecular formula is C19H20O3S2. The third-order valence-corrected chi connectivity index (χ3v) is 7.35. The predicted octanol–water partition coefficient (Wildman–Crippen LogP) is 4.93. The molecule has 1 aliphatic rings. The molecule has 3 unspecified atom stereocenters. The zero-order valence-corrected chi connectivity index (χ0v) is 15.3. The van der Waals surface area contributed by atoms with Crippen molar-refractivity contribution in [1.29, 1.82) is 0 Å². The van der Waals surface area contributed by atoms with Crippen molar-refractivity contribution in [1.82, 2.24) is 0 Å². The fourth-order valence-corrected chi connectivity index (χ4v) is 5.48. The molecule has 0 N–H and O–H groups in total. The SMILES string of the molecule is COc1ccc(Oc2ccc(C(C)C3SCC=CS3=O)cc2)cc1. The van der Waals surface area contributed by atoms with Gasteiger partial charge in [0.2, 0.25) is 0 Å². The first-order valence-electron chi connectivity index (χ1n) is 7.77. The van der Waals surface area contributed by atoms with Gasteiger partial charge < -0.3 is 9.47 Å². The summed E-state index contributed by atoms with van der Waals surface area (Å²) >= 11 is 1.75. The standard InChI is InChI=1S/C19H20O3S2/c1-14(19-23-12-3-13-24(19)20)15-4-6-17(7-5-15)22-18-10-8-16(21-2)9-11-18/h3-11,13-14,19H,12H2,1-2H3. The third-order valence-electron chi connectivity index (χ3n) is 3.93. The molecule has 3 nitrogen and oxygen atoms in total. The van der Waals surface area contributed by atoms with Crippen molar-refractivity contribution in [3.8, 4) is 17.2 Å². The average molecular weight is 361 g/mol. The summed E-state index contributed by atoms with van der Waals surface area (Å²) in [4.78, 5) is 0. The van der Waals surface area contributed by atoms with Gasteiger partial charge in [0.25, 0.3) is 0 Å². The molecule has 0 amide bonds. The fraction of sp³-hybridized carbons (Fsp3) is 0.263. The molecule has 1 heterocycles. The van der Waals surface area contributed by atoms with Crippen LogP contribution < -0.4 is 9.47 Å². The Morgan fingerprint density at radius 3 is 2.21 bits per heavy atom. The molecule has 0 aliphatic carbocycles. The molecule has 0 saturated heterocycles. The van der Waals surface area contributed by atoms with E-state index in [1.165, 1.54) is 5.56 Å². The Balaban J connectivity index is 1.68. The van der Waals surface area contributed by atoms with Crippen molar-refractivity contribution in [2.24, 2.45) is 0 Å². The highest BCUT2D eigenvalue weighted by molar-refractivity contribution is 8.12. The summed E-state index contributed by atoms with van der Waals surface area (Å²) in [5.41, 5.74) is 1.18. The quantitative estimate of drug-likeness (QED) is 0.758. The van der Waals surface area contributed by atoms with Gasteiger partial charge in [-0.3, -0.25) is 4.21 Å². The first kappa shape index (κ1) is 17.1. The van der Waals surface area contributed by atoms with E-state index in [-0.39, 0.29) is 10.5 Å². The van der Waals surface area contributed by atoms with E-state index in [0.717, 1.165) is 23.0 Å². The molecule has 0 aromatic heterocycles. The molecule has 24 heavy (non-hydrogen) atoms. The zero-order valence-electron chi connectivity index (χ0n) is 13.7. The van der Waals surface area contributed by atoms with Crippen LogP contribution in [-0.4, -0.2) is 21.7 Å². The number of benzene rings is 2. The van der Waals surface area contributed by atoms with Gasteiger partial charge in [-0.2, -0.15) is 0 Å². The Hall–Kier alpha value is -1.72.